The van der Waals surface area contributed by atoms with Gasteiger partial charge in [0.15, 0.2) is 0 Å². The molecule has 1 aromatic carbocycles. The van der Waals surface area contributed by atoms with Crippen molar-refractivity contribution in [2.45, 2.75) is 24.9 Å². The standard InChI is InChI=1S/C13H14N2O/c16-12(13-14-5-6-15-13)8-10-7-9-3-1-2-4-11(9)10/h1-6,10,12,16H,7-8H2,(H,14,15). The Morgan fingerprint density at radius 3 is 3.06 bits per heavy atom. The number of benzene rings is 1. The number of aliphatic hydroxyl groups is 1. The number of rotatable bonds is 3. The largest absolute Gasteiger partial charge is 0.385 e. The Morgan fingerprint density at radius 1 is 1.44 bits per heavy atom. The Balaban J connectivity index is 1.70. The molecule has 0 bridgehead atoms. The highest BCUT2D eigenvalue weighted by Crippen LogP contribution is 2.40. The number of fused-ring (bicyclic) bond motifs is 1. The van der Waals surface area contributed by atoms with Crippen molar-refractivity contribution in [3.63, 3.8) is 0 Å². The van der Waals surface area contributed by atoms with E-state index in [0.29, 0.717) is 11.7 Å². The van der Waals surface area contributed by atoms with E-state index < -0.39 is 6.10 Å². The predicted octanol–water partition coefficient (Wildman–Crippen LogP) is 2.17. The first-order valence-electron chi connectivity index (χ1n) is 5.60. The second-order valence-electron chi connectivity index (χ2n) is 4.33. The summed E-state index contributed by atoms with van der Waals surface area (Å²) in [6, 6.07) is 8.44. The highest BCUT2D eigenvalue weighted by molar-refractivity contribution is 5.39. The summed E-state index contributed by atoms with van der Waals surface area (Å²) >= 11 is 0. The van der Waals surface area contributed by atoms with Crippen molar-refractivity contribution in [1.29, 1.82) is 0 Å². The van der Waals surface area contributed by atoms with Gasteiger partial charge in [0.1, 0.15) is 11.9 Å². The lowest BCUT2D eigenvalue weighted by Gasteiger charge is -2.31. The van der Waals surface area contributed by atoms with Crippen LogP contribution in [0.1, 0.15) is 35.4 Å². The first-order chi connectivity index (χ1) is 7.84. The third-order valence-corrected chi connectivity index (χ3v) is 3.30. The van der Waals surface area contributed by atoms with Gasteiger partial charge in [-0.15, -0.1) is 0 Å². The monoisotopic (exact) mass is 214 g/mol. The molecule has 0 saturated heterocycles. The van der Waals surface area contributed by atoms with Gasteiger partial charge < -0.3 is 10.1 Å². The maximum atomic E-state index is 9.98. The summed E-state index contributed by atoms with van der Waals surface area (Å²) in [6.45, 7) is 0. The molecular weight excluding hydrogens is 200 g/mol. The average Bonchev–Trinajstić information content (AvgIpc) is 2.79. The fraction of sp³-hybridized carbons (Fsp3) is 0.308. The zero-order valence-corrected chi connectivity index (χ0v) is 8.93. The number of aromatic nitrogens is 2. The van der Waals surface area contributed by atoms with Crippen LogP contribution in [0.5, 0.6) is 0 Å². The lowest BCUT2D eigenvalue weighted by Crippen LogP contribution is -2.19. The summed E-state index contributed by atoms with van der Waals surface area (Å²) in [5, 5.41) is 9.98. The Morgan fingerprint density at radius 2 is 2.31 bits per heavy atom. The van der Waals surface area contributed by atoms with Crippen LogP contribution < -0.4 is 0 Å². The SMILES string of the molecule is OC(CC1Cc2ccccc21)c1ncc[nH]1. The van der Waals surface area contributed by atoms with Crippen LogP contribution in [0.15, 0.2) is 36.7 Å². The highest BCUT2D eigenvalue weighted by atomic mass is 16.3. The molecular formula is C13H14N2O. The maximum Gasteiger partial charge on any atom is 0.135 e. The van der Waals surface area contributed by atoms with Crippen molar-refractivity contribution in [2.24, 2.45) is 0 Å². The number of aromatic amines is 1. The van der Waals surface area contributed by atoms with Crippen molar-refractivity contribution < 1.29 is 5.11 Å². The molecule has 2 unspecified atom stereocenters. The van der Waals surface area contributed by atoms with E-state index >= 15 is 0 Å². The van der Waals surface area contributed by atoms with Gasteiger partial charge in [-0.05, 0) is 29.9 Å². The van der Waals surface area contributed by atoms with Crippen LogP contribution in [0, 0.1) is 0 Å². The highest BCUT2D eigenvalue weighted by Gasteiger charge is 2.28. The summed E-state index contributed by atoms with van der Waals surface area (Å²) in [5.41, 5.74) is 2.80. The fourth-order valence-corrected chi connectivity index (χ4v) is 2.41. The summed E-state index contributed by atoms with van der Waals surface area (Å²) in [4.78, 5) is 7.03. The minimum Gasteiger partial charge on any atom is -0.385 e. The van der Waals surface area contributed by atoms with Gasteiger partial charge >= 0.3 is 0 Å². The van der Waals surface area contributed by atoms with Crippen LogP contribution >= 0.6 is 0 Å². The summed E-state index contributed by atoms with van der Waals surface area (Å²) in [6.07, 6.45) is 4.77. The Kier molecular flexibility index (Phi) is 2.26. The normalized spacial score (nSPS) is 19.9. The van der Waals surface area contributed by atoms with E-state index in [4.69, 9.17) is 0 Å². The van der Waals surface area contributed by atoms with Crippen molar-refractivity contribution in [3.8, 4) is 0 Å². The lowest BCUT2D eigenvalue weighted by atomic mass is 9.75. The fourth-order valence-electron chi connectivity index (χ4n) is 2.41. The number of hydrogen-bond acceptors (Lipinski definition) is 2. The van der Waals surface area contributed by atoms with Crippen LogP contribution in [-0.4, -0.2) is 15.1 Å². The molecule has 82 valence electrons. The molecule has 0 radical (unpaired) electrons. The molecule has 1 heterocycles. The van der Waals surface area contributed by atoms with Crippen molar-refractivity contribution in [1.82, 2.24) is 9.97 Å². The van der Waals surface area contributed by atoms with Gasteiger partial charge in [-0.1, -0.05) is 24.3 Å². The molecule has 2 atom stereocenters. The molecule has 2 aromatic rings. The molecule has 0 amide bonds. The summed E-state index contributed by atoms with van der Waals surface area (Å²) in [5.74, 6) is 1.15. The first-order valence-corrected chi connectivity index (χ1v) is 5.60. The molecule has 0 spiro atoms. The number of nitrogens with one attached hydrogen (secondary N) is 1. The maximum absolute atomic E-state index is 9.98. The predicted molar refractivity (Wildman–Crippen MR) is 61.1 cm³/mol. The number of nitrogens with zero attached hydrogens (tertiary/aromatic N) is 1. The van der Waals surface area contributed by atoms with E-state index in [0.717, 1.165) is 12.8 Å². The van der Waals surface area contributed by atoms with Crippen molar-refractivity contribution in [3.05, 3.63) is 53.6 Å². The number of aliphatic hydroxyl groups excluding tert-OH is 1. The number of imidazole rings is 1. The van der Waals surface area contributed by atoms with Crippen LogP contribution in [0.4, 0.5) is 0 Å². The molecule has 1 aromatic heterocycles. The van der Waals surface area contributed by atoms with Gasteiger partial charge in [0, 0.05) is 12.4 Å². The third-order valence-electron chi connectivity index (χ3n) is 3.30. The molecule has 3 nitrogen and oxygen atoms in total. The number of H-pyrrole nitrogens is 1. The van der Waals surface area contributed by atoms with Crippen molar-refractivity contribution in [2.75, 3.05) is 0 Å². The molecule has 0 saturated carbocycles. The molecule has 1 aliphatic rings. The second kappa shape index (κ2) is 3.76. The van der Waals surface area contributed by atoms with Crippen molar-refractivity contribution >= 4 is 0 Å². The third kappa shape index (κ3) is 1.53. The molecule has 2 N–H and O–H groups in total. The smallest absolute Gasteiger partial charge is 0.135 e. The Hall–Kier alpha value is -1.61. The molecule has 1 aliphatic carbocycles. The molecule has 3 rings (SSSR count). The second-order valence-corrected chi connectivity index (χ2v) is 4.33. The zero-order valence-electron chi connectivity index (χ0n) is 8.93. The minimum absolute atomic E-state index is 0.478. The topological polar surface area (TPSA) is 48.9 Å². The van der Waals surface area contributed by atoms with Crippen LogP contribution in [0.2, 0.25) is 0 Å². The van der Waals surface area contributed by atoms with Gasteiger partial charge in [0.05, 0.1) is 0 Å². The van der Waals surface area contributed by atoms with E-state index in [1.54, 1.807) is 12.4 Å². The molecule has 3 heteroatoms. The van der Waals surface area contributed by atoms with E-state index in [-0.39, 0.29) is 0 Å². The Bertz CT molecular complexity index is 478. The molecule has 0 aliphatic heterocycles. The molecule has 0 fully saturated rings. The van der Waals surface area contributed by atoms with Crippen LogP contribution in [-0.2, 0) is 6.42 Å². The average molecular weight is 214 g/mol. The molecule has 16 heavy (non-hydrogen) atoms. The van der Waals surface area contributed by atoms with E-state index in [1.165, 1.54) is 11.1 Å². The van der Waals surface area contributed by atoms with Crippen LogP contribution in [0.3, 0.4) is 0 Å². The number of hydrogen-bond donors (Lipinski definition) is 2. The van der Waals surface area contributed by atoms with Gasteiger partial charge in [-0.2, -0.15) is 0 Å². The quantitative estimate of drug-likeness (QED) is 0.822. The minimum atomic E-state index is -0.478. The van der Waals surface area contributed by atoms with E-state index in [1.807, 2.05) is 0 Å². The van der Waals surface area contributed by atoms with Gasteiger partial charge in [-0.3, -0.25) is 0 Å². The zero-order chi connectivity index (χ0) is 11.0. The van der Waals surface area contributed by atoms with Gasteiger partial charge in [0.25, 0.3) is 0 Å². The Labute approximate surface area is 94.2 Å². The van der Waals surface area contributed by atoms with Gasteiger partial charge in [0.2, 0.25) is 0 Å². The van der Waals surface area contributed by atoms with E-state index in [2.05, 4.69) is 34.2 Å². The summed E-state index contributed by atoms with van der Waals surface area (Å²) in [7, 11) is 0. The van der Waals surface area contributed by atoms with Gasteiger partial charge in [-0.25, -0.2) is 4.98 Å². The summed E-state index contributed by atoms with van der Waals surface area (Å²) < 4.78 is 0. The van der Waals surface area contributed by atoms with Crippen LogP contribution in [0.25, 0.3) is 0 Å². The lowest BCUT2D eigenvalue weighted by molar-refractivity contribution is 0.145. The van der Waals surface area contributed by atoms with E-state index in [9.17, 15) is 5.11 Å². The first kappa shape index (κ1) is 9.60.